The van der Waals surface area contributed by atoms with Gasteiger partial charge in [0.2, 0.25) is 5.91 Å². The van der Waals surface area contributed by atoms with Crippen LogP contribution in [-0.4, -0.2) is 49.4 Å². The minimum atomic E-state index is -0.782. The van der Waals surface area contributed by atoms with Crippen molar-refractivity contribution in [2.75, 3.05) is 7.11 Å². The fourth-order valence-corrected chi connectivity index (χ4v) is 6.28. The second kappa shape index (κ2) is 13.9. The molecule has 1 N–H and O–H groups in total. The van der Waals surface area contributed by atoms with Gasteiger partial charge >= 0.3 is 0 Å². The molecule has 216 valence electrons. The summed E-state index contributed by atoms with van der Waals surface area (Å²) in [5.74, 6) is -0.473. The molecule has 0 spiro atoms. The lowest BCUT2D eigenvalue weighted by molar-refractivity contribution is -0.159. The summed E-state index contributed by atoms with van der Waals surface area (Å²) in [6.07, 6.45) is 13.5. The zero-order valence-electron chi connectivity index (χ0n) is 25.3. The number of carbonyl (C=O) groups is 2. The molecule has 1 amide bonds. The van der Waals surface area contributed by atoms with Gasteiger partial charge in [-0.3, -0.25) is 9.59 Å². The third-order valence-corrected chi connectivity index (χ3v) is 8.68. The molecular formula is C33H49NO5. The lowest BCUT2D eigenvalue weighted by Gasteiger charge is -2.42. The van der Waals surface area contributed by atoms with Crippen LogP contribution in [0.25, 0.3) is 0 Å². The molecule has 3 aliphatic rings. The second-order valence-corrected chi connectivity index (χ2v) is 11.9. The topological polar surface area (TPSA) is 73.9 Å². The van der Waals surface area contributed by atoms with E-state index in [0.29, 0.717) is 5.57 Å². The molecule has 4 bridgehead atoms. The van der Waals surface area contributed by atoms with Gasteiger partial charge < -0.3 is 19.5 Å². The summed E-state index contributed by atoms with van der Waals surface area (Å²) in [7, 11) is 1.61. The summed E-state index contributed by atoms with van der Waals surface area (Å²) in [5.41, 5.74) is 2.81. The van der Waals surface area contributed by atoms with Gasteiger partial charge in [-0.25, -0.2) is 0 Å². The van der Waals surface area contributed by atoms with Crippen LogP contribution in [0.5, 0.6) is 0 Å². The van der Waals surface area contributed by atoms with E-state index in [4.69, 9.17) is 14.2 Å². The van der Waals surface area contributed by atoms with E-state index in [1.165, 1.54) is 5.57 Å². The van der Waals surface area contributed by atoms with Crippen LogP contribution in [0.2, 0.25) is 0 Å². The van der Waals surface area contributed by atoms with E-state index in [1.807, 2.05) is 45.1 Å². The third kappa shape index (κ3) is 7.68. The van der Waals surface area contributed by atoms with Crippen molar-refractivity contribution in [3.05, 3.63) is 59.3 Å². The number of amides is 1. The predicted octanol–water partition coefficient (Wildman–Crippen LogP) is 6.10. The fourth-order valence-electron chi connectivity index (χ4n) is 6.28. The number of allylic oxidation sites excluding steroid dienone is 6. The molecule has 0 aromatic carbocycles. The molecule has 0 fully saturated rings. The van der Waals surface area contributed by atoms with Crippen LogP contribution in [-0.2, 0) is 23.8 Å². The normalized spacial score (nSPS) is 44.5. The number of fused-ring (bicyclic) bond motifs is 1. The molecule has 6 nitrogen and oxygen atoms in total. The zero-order chi connectivity index (χ0) is 28.9. The number of carbonyl (C=O) groups excluding carboxylic acids is 2. The van der Waals surface area contributed by atoms with Crippen LogP contribution in [0.4, 0.5) is 0 Å². The van der Waals surface area contributed by atoms with Gasteiger partial charge in [-0.1, -0.05) is 82.2 Å². The summed E-state index contributed by atoms with van der Waals surface area (Å²) in [5, 5.41) is 3.07. The second-order valence-electron chi connectivity index (χ2n) is 11.9. The lowest BCUT2D eigenvalue weighted by atomic mass is 9.73. The van der Waals surface area contributed by atoms with Crippen LogP contribution in [0, 0.1) is 29.6 Å². The van der Waals surface area contributed by atoms with Crippen molar-refractivity contribution in [1.82, 2.24) is 5.32 Å². The largest absolute Gasteiger partial charge is 0.373 e. The summed E-state index contributed by atoms with van der Waals surface area (Å²) >= 11 is 0. The number of ether oxygens (including phenoxy) is 3. The molecule has 3 unspecified atom stereocenters. The Bertz CT molecular complexity index is 1040. The molecule has 3 heterocycles. The Hall–Kier alpha value is -2.28. The van der Waals surface area contributed by atoms with E-state index in [9.17, 15) is 9.59 Å². The SMILES string of the molecule is CC[C@@H]1O[C@@H]2[C@@H](C)/C=C(C)/C=C(\C)C(=O)N[C@@H]3O[C@H](C(C)C(=O)/C=C\C1C)C(C)[C@@H]2C/C(C)=C\C=C/[C@H]3OC. The van der Waals surface area contributed by atoms with E-state index in [-0.39, 0.29) is 47.6 Å². The molecule has 0 radical (unpaired) electrons. The van der Waals surface area contributed by atoms with Crippen molar-refractivity contribution in [3.63, 3.8) is 0 Å². The van der Waals surface area contributed by atoms with E-state index < -0.39 is 24.4 Å². The number of ketones is 1. The quantitative estimate of drug-likeness (QED) is 0.459. The van der Waals surface area contributed by atoms with Crippen LogP contribution in [0.3, 0.4) is 0 Å². The number of methoxy groups -OCH3 is 1. The highest BCUT2D eigenvalue weighted by Crippen LogP contribution is 2.39. The molecular weight excluding hydrogens is 490 g/mol. The van der Waals surface area contributed by atoms with Gasteiger partial charge in [0, 0.05) is 30.4 Å². The van der Waals surface area contributed by atoms with Crippen molar-refractivity contribution < 1.29 is 23.8 Å². The Labute approximate surface area is 235 Å². The van der Waals surface area contributed by atoms with Gasteiger partial charge in [0.15, 0.2) is 12.0 Å². The first-order valence-electron chi connectivity index (χ1n) is 14.5. The molecule has 0 saturated heterocycles. The van der Waals surface area contributed by atoms with Crippen molar-refractivity contribution in [1.29, 1.82) is 0 Å². The average Bonchev–Trinajstić information content (AvgIpc) is 2.91. The highest BCUT2D eigenvalue weighted by atomic mass is 16.6. The van der Waals surface area contributed by atoms with Gasteiger partial charge in [0.05, 0.1) is 18.3 Å². The first-order valence-corrected chi connectivity index (χ1v) is 14.5. The van der Waals surface area contributed by atoms with E-state index in [0.717, 1.165) is 18.4 Å². The number of hydrogen-bond donors (Lipinski definition) is 1. The molecule has 10 atom stereocenters. The van der Waals surface area contributed by atoms with Crippen molar-refractivity contribution in [2.45, 2.75) is 98.9 Å². The zero-order valence-corrected chi connectivity index (χ0v) is 25.3. The highest BCUT2D eigenvalue weighted by molar-refractivity contribution is 5.93. The third-order valence-electron chi connectivity index (χ3n) is 8.68. The van der Waals surface area contributed by atoms with Crippen molar-refractivity contribution in [2.24, 2.45) is 29.6 Å². The molecule has 39 heavy (non-hydrogen) atoms. The van der Waals surface area contributed by atoms with Gasteiger partial charge in [0.1, 0.15) is 6.10 Å². The van der Waals surface area contributed by atoms with E-state index in [2.05, 4.69) is 52.1 Å². The standard InChI is InChI=1S/C33H49NO5/c1-10-28-21(4)14-15-27(35)25(8)31-24(7)26-18-19(2)12-11-13-29(37-9)33(39-31)34-32(36)23(6)17-20(3)16-22(5)30(26)38-28/h11-17,21-22,24-26,28-31,33H,10,18H2,1-9H3,(H,34,36)/b13-11-,15-14-,19-12-,20-16+,23-17+/t21?,22-,24?,25?,26-,28-,29+,30+,31-,33+/m0/s1. The monoisotopic (exact) mass is 539 g/mol. The molecule has 6 heteroatoms. The Morgan fingerprint density at radius 1 is 1.00 bits per heavy atom. The minimum absolute atomic E-state index is 0.0201. The Kier molecular flexibility index (Phi) is 11.1. The molecule has 3 aliphatic heterocycles. The van der Waals surface area contributed by atoms with Gasteiger partial charge in [-0.2, -0.15) is 0 Å². The lowest BCUT2D eigenvalue weighted by Crippen LogP contribution is -2.52. The van der Waals surface area contributed by atoms with Crippen molar-refractivity contribution >= 4 is 11.7 Å². The molecule has 0 aliphatic carbocycles. The minimum Gasteiger partial charge on any atom is -0.373 e. The van der Waals surface area contributed by atoms with E-state index >= 15 is 0 Å². The number of nitrogens with one attached hydrogen (secondary N) is 1. The smallest absolute Gasteiger partial charge is 0.248 e. The Morgan fingerprint density at radius 2 is 1.72 bits per heavy atom. The summed E-state index contributed by atoms with van der Waals surface area (Å²) in [6, 6.07) is 0. The molecule has 0 aromatic rings. The predicted molar refractivity (Wildman–Crippen MR) is 156 cm³/mol. The Balaban J connectivity index is 2.33. The van der Waals surface area contributed by atoms with Crippen LogP contribution < -0.4 is 5.32 Å². The first-order chi connectivity index (χ1) is 18.5. The van der Waals surface area contributed by atoms with Crippen molar-refractivity contribution in [3.8, 4) is 0 Å². The molecule has 3 rings (SSSR count). The molecule has 0 saturated carbocycles. The highest BCUT2D eigenvalue weighted by Gasteiger charge is 2.42. The van der Waals surface area contributed by atoms with Crippen LogP contribution >= 0.6 is 0 Å². The number of hydrogen-bond acceptors (Lipinski definition) is 5. The maximum atomic E-state index is 13.6. The maximum absolute atomic E-state index is 13.6. The van der Waals surface area contributed by atoms with Gasteiger partial charge in [-0.15, -0.1) is 0 Å². The van der Waals surface area contributed by atoms with Crippen LogP contribution in [0.1, 0.15) is 68.2 Å². The maximum Gasteiger partial charge on any atom is 0.248 e. The van der Waals surface area contributed by atoms with Gasteiger partial charge in [0.25, 0.3) is 0 Å². The summed E-state index contributed by atoms with van der Waals surface area (Å²) in [4.78, 5) is 26.9. The van der Waals surface area contributed by atoms with Gasteiger partial charge in [-0.05, 0) is 51.5 Å². The van der Waals surface area contributed by atoms with E-state index in [1.54, 1.807) is 13.2 Å². The number of rotatable bonds is 2. The fraction of sp³-hybridized carbons (Fsp3) is 0.636. The summed E-state index contributed by atoms with van der Waals surface area (Å²) < 4.78 is 19.7. The first kappa shape index (κ1) is 31.3. The summed E-state index contributed by atoms with van der Waals surface area (Å²) in [6.45, 7) is 16.6. The Morgan fingerprint density at radius 3 is 2.38 bits per heavy atom. The average molecular weight is 540 g/mol. The molecule has 0 aromatic heterocycles. The van der Waals surface area contributed by atoms with Crippen LogP contribution in [0.15, 0.2) is 59.3 Å².